The maximum atomic E-state index is 11.5. The van der Waals surface area contributed by atoms with Crippen LogP contribution in [0.2, 0.25) is 0 Å². The molecule has 0 fully saturated rings. The van der Waals surface area contributed by atoms with Crippen LogP contribution in [-0.4, -0.2) is 31.6 Å². The van der Waals surface area contributed by atoms with Crippen LogP contribution in [0.3, 0.4) is 0 Å². The molecular weight excluding hydrogens is 208 g/mol. The quantitative estimate of drug-likeness (QED) is 0.621. The molecule has 0 radical (unpaired) electrons. The zero-order valence-corrected chi connectivity index (χ0v) is 10.3. The van der Waals surface area contributed by atoms with Gasteiger partial charge in [0.2, 0.25) is 5.91 Å². The predicted octanol–water partition coefficient (Wildman–Crippen LogP) is 0.429. The van der Waals surface area contributed by atoms with E-state index < -0.39 is 12.0 Å². The molecule has 0 aliphatic heterocycles. The molecule has 16 heavy (non-hydrogen) atoms. The third-order valence-electron chi connectivity index (χ3n) is 2.59. The summed E-state index contributed by atoms with van der Waals surface area (Å²) in [5.74, 6) is -0.481. The fourth-order valence-electron chi connectivity index (χ4n) is 1.30. The number of ether oxygens (including phenoxy) is 1. The lowest BCUT2D eigenvalue weighted by molar-refractivity contribution is -0.146. The Kier molecular flexibility index (Phi) is 7.54. The van der Waals surface area contributed by atoms with Crippen molar-refractivity contribution in [1.29, 1.82) is 0 Å². The summed E-state index contributed by atoms with van der Waals surface area (Å²) in [6.45, 7) is 4.34. The largest absolute Gasteiger partial charge is 0.467 e. The Bertz CT molecular complexity index is 231. The molecule has 0 aromatic carbocycles. The number of methoxy groups -OCH3 is 1. The van der Waals surface area contributed by atoms with Crippen molar-refractivity contribution in [3.05, 3.63) is 0 Å². The van der Waals surface area contributed by atoms with E-state index >= 15 is 0 Å². The molecule has 1 amide bonds. The van der Waals surface area contributed by atoms with E-state index in [4.69, 9.17) is 5.73 Å². The smallest absolute Gasteiger partial charge is 0.328 e. The molecule has 0 aromatic rings. The highest BCUT2D eigenvalue weighted by Crippen LogP contribution is 2.09. The minimum absolute atomic E-state index is 0.0641. The first-order valence-corrected chi connectivity index (χ1v) is 5.64. The molecule has 5 nitrogen and oxygen atoms in total. The van der Waals surface area contributed by atoms with Gasteiger partial charge in [0.05, 0.1) is 7.11 Å². The third-order valence-corrected chi connectivity index (χ3v) is 2.59. The third kappa shape index (κ3) is 5.11. The summed E-state index contributed by atoms with van der Waals surface area (Å²) >= 11 is 0. The van der Waals surface area contributed by atoms with Crippen molar-refractivity contribution in [2.75, 3.05) is 13.7 Å². The fraction of sp³-hybridized carbons (Fsp3) is 0.818. The molecule has 0 bridgehead atoms. The molecule has 0 saturated carbocycles. The monoisotopic (exact) mass is 230 g/mol. The van der Waals surface area contributed by atoms with Crippen LogP contribution in [0.4, 0.5) is 0 Å². The van der Waals surface area contributed by atoms with E-state index in [-0.39, 0.29) is 11.8 Å². The summed E-state index contributed by atoms with van der Waals surface area (Å²) in [5, 5.41) is 2.68. The van der Waals surface area contributed by atoms with Gasteiger partial charge in [-0.2, -0.15) is 0 Å². The Morgan fingerprint density at radius 3 is 2.50 bits per heavy atom. The summed E-state index contributed by atoms with van der Waals surface area (Å²) in [6, 6.07) is -0.555. The lowest BCUT2D eigenvalue weighted by Gasteiger charge is -2.21. The predicted molar refractivity (Wildman–Crippen MR) is 61.7 cm³/mol. The van der Waals surface area contributed by atoms with E-state index in [1.807, 2.05) is 13.8 Å². The lowest BCUT2D eigenvalue weighted by Crippen LogP contribution is -2.45. The zero-order chi connectivity index (χ0) is 12.6. The fourth-order valence-corrected chi connectivity index (χ4v) is 1.30. The van der Waals surface area contributed by atoms with Gasteiger partial charge in [-0.05, 0) is 18.9 Å². The van der Waals surface area contributed by atoms with Crippen molar-refractivity contribution in [2.45, 2.75) is 39.2 Å². The zero-order valence-electron chi connectivity index (χ0n) is 10.3. The van der Waals surface area contributed by atoms with Crippen LogP contribution in [0.1, 0.15) is 33.1 Å². The van der Waals surface area contributed by atoms with Gasteiger partial charge < -0.3 is 15.8 Å². The molecule has 0 aliphatic rings. The van der Waals surface area contributed by atoms with Gasteiger partial charge in [-0.3, -0.25) is 4.79 Å². The highest BCUT2D eigenvalue weighted by molar-refractivity contribution is 5.84. The normalized spacial score (nSPS) is 14.0. The first-order chi connectivity index (χ1) is 7.56. The molecule has 0 heterocycles. The maximum absolute atomic E-state index is 11.5. The van der Waals surface area contributed by atoms with Crippen molar-refractivity contribution in [3.8, 4) is 0 Å². The van der Waals surface area contributed by atoms with Crippen LogP contribution in [0.5, 0.6) is 0 Å². The maximum Gasteiger partial charge on any atom is 0.328 e. The second-order valence-corrected chi connectivity index (χ2v) is 3.85. The lowest BCUT2D eigenvalue weighted by atomic mass is 9.99. The molecule has 3 N–H and O–H groups in total. The van der Waals surface area contributed by atoms with Crippen molar-refractivity contribution in [3.63, 3.8) is 0 Å². The van der Waals surface area contributed by atoms with E-state index in [1.165, 1.54) is 7.11 Å². The number of rotatable bonds is 7. The second kappa shape index (κ2) is 8.10. The number of esters is 1. The highest BCUT2D eigenvalue weighted by Gasteiger charge is 2.26. The van der Waals surface area contributed by atoms with E-state index in [0.717, 1.165) is 6.42 Å². The Balaban J connectivity index is 4.31. The Morgan fingerprint density at radius 2 is 2.06 bits per heavy atom. The minimum atomic E-state index is -0.555. The molecular formula is C11H22N2O3. The highest BCUT2D eigenvalue weighted by atomic mass is 16.5. The molecule has 5 heteroatoms. The molecule has 2 atom stereocenters. The molecule has 0 spiro atoms. The van der Waals surface area contributed by atoms with Gasteiger partial charge in [0.1, 0.15) is 6.04 Å². The first kappa shape index (κ1) is 14.9. The van der Waals surface area contributed by atoms with E-state index in [9.17, 15) is 9.59 Å². The van der Waals surface area contributed by atoms with Gasteiger partial charge in [-0.15, -0.1) is 0 Å². The molecule has 0 aliphatic carbocycles. The van der Waals surface area contributed by atoms with Crippen LogP contribution >= 0.6 is 0 Å². The number of amides is 1. The van der Waals surface area contributed by atoms with E-state index in [0.29, 0.717) is 19.4 Å². The van der Waals surface area contributed by atoms with E-state index in [2.05, 4.69) is 10.1 Å². The Morgan fingerprint density at radius 1 is 1.44 bits per heavy atom. The van der Waals surface area contributed by atoms with Gasteiger partial charge in [0.15, 0.2) is 0 Å². The van der Waals surface area contributed by atoms with Crippen molar-refractivity contribution in [1.82, 2.24) is 5.32 Å². The molecule has 0 saturated heterocycles. The van der Waals surface area contributed by atoms with Crippen LogP contribution in [-0.2, 0) is 14.3 Å². The summed E-state index contributed by atoms with van der Waals surface area (Å²) in [4.78, 5) is 22.9. The summed E-state index contributed by atoms with van der Waals surface area (Å²) < 4.78 is 4.66. The van der Waals surface area contributed by atoms with Crippen molar-refractivity contribution < 1.29 is 14.3 Å². The van der Waals surface area contributed by atoms with Crippen LogP contribution in [0.15, 0.2) is 0 Å². The summed E-state index contributed by atoms with van der Waals surface area (Å²) in [6.07, 6.45) is 1.78. The number of hydrogen-bond acceptors (Lipinski definition) is 4. The van der Waals surface area contributed by atoms with Crippen LogP contribution < -0.4 is 11.1 Å². The number of carbonyl (C=O) groups excluding carboxylic acids is 2. The Hall–Kier alpha value is -1.10. The number of carbonyl (C=O) groups is 2. The average Bonchev–Trinajstić information content (AvgIpc) is 2.31. The molecule has 94 valence electrons. The van der Waals surface area contributed by atoms with Gasteiger partial charge in [0, 0.05) is 6.42 Å². The average molecular weight is 230 g/mol. The second-order valence-electron chi connectivity index (χ2n) is 3.85. The standard InChI is InChI=1S/C11H22N2O3/c1-4-8(2)10(11(15)16-3)13-9(14)6-5-7-12/h8,10H,4-7,12H2,1-3H3,(H,13,14). The van der Waals surface area contributed by atoms with Crippen LogP contribution in [0.25, 0.3) is 0 Å². The number of nitrogens with one attached hydrogen (secondary N) is 1. The molecule has 2 unspecified atom stereocenters. The van der Waals surface area contributed by atoms with Crippen LogP contribution in [0, 0.1) is 5.92 Å². The minimum Gasteiger partial charge on any atom is -0.467 e. The Labute approximate surface area is 96.7 Å². The van der Waals surface area contributed by atoms with E-state index in [1.54, 1.807) is 0 Å². The van der Waals surface area contributed by atoms with Gasteiger partial charge in [-0.1, -0.05) is 20.3 Å². The number of hydrogen-bond donors (Lipinski definition) is 2. The van der Waals surface area contributed by atoms with Crippen molar-refractivity contribution >= 4 is 11.9 Å². The summed E-state index contributed by atoms with van der Waals surface area (Å²) in [7, 11) is 1.32. The first-order valence-electron chi connectivity index (χ1n) is 5.64. The molecule has 0 aromatic heterocycles. The SMILES string of the molecule is CCC(C)C(NC(=O)CCCN)C(=O)OC. The van der Waals surface area contributed by atoms with Gasteiger partial charge in [0.25, 0.3) is 0 Å². The van der Waals surface area contributed by atoms with Gasteiger partial charge >= 0.3 is 5.97 Å². The topological polar surface area (TPSA) is 81.4 Å². The molecule has 0 rings (SSSR count). The summed E-state index contributed by atoms with van der Waals surface area (Å²) in [5.41, 5.74) is 5.31. The number of nitrogens with two attached hydrogens (primary N) is 1. The van der Waals surface area contributed by atoms with Gasteiger partial charge in [-0.25, -0.2) is 4.79 Å². The van der Waals surface area contributed by atoms with Crippen molar-refractivity contribution in [2.24, 2.45) is 11.7 Å².